The molecular formula is C13H16N2O3. The first-order valence-electron chi connectivity index (χ1n) is 5.83. The van der Waals surface area contributed by atoms with Crippen molar-refractivity contribution in [3.05, 3.63) is 35.9 Å². The number of carbonyl (C=O) groups excluding carboxylic acids is 2. The smallest absolute Gasteiger partial charge is 0.247 e. The van der Waals surface area contributed by atoms with Crippen molar-refractivity contribution in [1.82, 2.24) is 10.2 Å². The number of nitrogens with zero attached hydrogens (tertiary/aromatic N) is 1. The van der Waals surface area contributed by atoms with Crippen LogP contribution in [0.15, 0.2) is 30.3 Å². The van der Waals surface area contributed by atoms with E-state index in [4.69, 9.17) is 4.74 Å². The molecule has 0 saturated carbocycles. The van der Waals surface area contributed by atoms with Crippen molar-refractivity contribution in [3.8, 4) is 0 Å². The standard InChI is InChI=1S/C13H16N2O3/c1-15-7-12(16)14-11(13(15)17)9-18-8-10-5-3-2-4-6-10/h2-6,11H,7-9H2,1H3,(H,14,16)/t11-/m0/s1. The molecule has 1 atom stereocenters. The third-order valence-electron chi connectivity index (χ3n) is 2.79. The zero-order valence-electron chi connectivity index (χ0n) is 10.3. The molecule has 1 aliphatic rings. The Morgan fingerprint density at radius 3 is 2.78 bits per heavy atom. The first kappa shape index (κ1) is 12.6. The number of amides is 2. The van der Waals surface area contributed by atoms with Crippen molar-refractivity contribution < 1.29 is 14.3 Å². The van der Waals surface area contributed by atoms with E-state index < -0.39 is 6.04 Å². The van der Waals surface area contributed by atoms with Gasteiger partial charge in [-0.25, -0.2) is 0 Å². The molecule has 5 nitrogen and oxygen atoms in total. The van der Waals surface area contributed by atoms with Gasteiger partial charge in [-0.2, -0.15) is 0 Å². The Bertz CT molecular complexity index is 433. The van der Waals surface area contributed by atoms with Gasteiger partial charge in [-0.1, -0.05) is 30.3 Å². The van der Waals surface area contributed by atoms with E-state index in [-0.39, 0.29) is 25.0 Å². The highest BCUT2D eigenvalue weighted by Gasteiger charge is 2.30. The SMILES string of the molecule is CN1CC(=O)N[C@@H](COCc2ccccc2)C1=O. The molecule has 1 aliphatic heterocycles. The van der Waals surface area contributed by atoms with E-state index in [1.807, 2.05) is 30.3 Å². The highest BCUT2D eigenvalue weighted by atomic mass is 16.5. The maximum atomic E-state index is 11.7. The molecule has 0 unspecified atom stereocenters. The van der Waals surface area contributed by atoms with Crippen molar-refractivity contribution in [3.63, 3.8) is 0 Å². The van der Waals surface area contributed by atoms with Crippen LogP contribution in [0.2, 0.25) is 0 Å². The van der Waals surface area contributed by atoms with E-state index in [2.05, 4.69) is 5.32 Å². The second kappa shape index (κ2) is 5.64. The molecule has 1 aromatic rings. The van der Waals surface area contributed by atoms with Gasteiger partial charge in [-0.3, -0.25) is 9.59 Å². The molecule has 1 heterocycles. The summed E-state index contributed by atoms with van der Waals surface area (Å²) in [6.45, 7) is 0.752. The maximum absolute atomic E-state index is 11.7. The fourth-order valence-electron chi connectivity index (χ4n) is 1.84. The normalized spacial score (nSPS) is 19.8. The lowest BCUT2D eigenvalue weighted by Crippen LogP contribution is -2.58. The molecular weight excluding hydrogens is 232 g/mol. The van der Waals surface area contributed by atoms with Gasteiger partial charge >= 0.3 is 0 Å². The second-order valence-corrected chi connectivity index (χ2v) is 4.32. The molecule has 5 heteroatoms. The van der Waals surface area contributed by atoms with Crippen LogP contribution in [-0.2, 0) is 20.9 Å². The average Bonchev–Trinajstić information content (AvgIpc) is 2.36. The van der Waals surface area contributed by atoms with E-state index in [9.17, 15) is 9.59 Å². The zero-order valence-corrected chi connectivity index (χ0v) is 10.3. The molecule has 18 heavy (non-hydrogen) atoms. The number of hydrogen-bond acceptors (Lipinski definition) is 3. The molecule has 2 rings (SSSR count). The number of rotatable bonds is 4. The Morgan fingerprint density at radius 2 is 2.06 bits per heavy atom. The predicted molar refractivity (Wildman–Crippen MR) is 65.7 cm³/mol. The van der Waals surface area contributed by atoms with E-state index in [0.29, 0.717) is 6.61 Å². The summed E-state index contributed by atoms with van der Waals surface area (Å²) in [7, 11) is 1.62. The average molecular weight is 248 g/mol. The van der Waals surface area contributed by atoms with Crippen LogP contribution in [0.3, 0.4) is 0 Å². The number of benzene rings is 1. The van der Waals surface area contributed by atoms with Gasteiger partial charge in [0.15, 0.2) is 0 Å². The summed E-state index contributed by atoms with van der Waals surface area (Å²) >= 11 is 0. The minimum Gasteiger partial charge on any atom is -0.374 e. The number of carbonyl (C=O) groups is 2. The fraction of sp³-hybridized carbons (Fsp3) is 0.385. The van der Waals surface area contributed by atoms with Gasteiger partial charge in [0.25, 0.3) is 0 Å². The van der Waals surface area contributed by atoms with Gasteiger partial charge in [0.2, 0.25) is 11.8 Å². The number of nitrogens with one attached hydrogen (secondary N) is 1. The van der Waals surface area contributed by atoms with Crippen molar-refractivity contribution in [2.75, 3.05) is 20.2 Å². The summed E-state index contributed by atoms with van der Waals surface area (Å²) in [5, 5.41) is 2.63. The monoisotopic (exact) mass is 248 g/mol. The molecule has 96 valence electrons. The summed E-state index contributed by atoms with van der Waals surface area (Å²) in [4.78, 5) is 24.5. The Hall–Kier alpha value is -1.88. The first-order chi connectivity index (χ1) is 8.66. The maximum Gasteiger partial charge on any atom is 0.247 e. The Labute approximate surface area is 106 Å². The second-order valence-electron chi connectivity index (χ2n) is 4.32. The molecule has 0 radical (unpaired) electrons. The fourth-order valence-corrected chi connectivity index (χ4v) is 1.84. The Morgan fingerprint density at radius 1 is 1.33 bits per heavy atom. The van der Waals surface area contributed by atoms with Gasteiger partial charge in [0, 0.05) is 7.05 Å². The lowest BCUT2D eigenvalue weighted by molar-refractivity contribution is -0.144. The zero-order chi connectivity index (χ0) is 13.0. The van der Waals surface area contributed by atoms with Crippen LogP contribution in [0.25, 0.3) is 0 Å². The summed E-state index contributed by atoms with van der Waals surface area (Å²) in [5.41, 5.74) is 1.04. The highest BCUT2D eigenvalue weighted by Crippen LogP contribution is 2.04. The molecule has 0 aliphatic carbocycles. The summed E-state index contributed by atoms with van der Waals surface area (Å²) in [6.07, 6.45) is 0. The van der Waals surface area contributed by atoms with Gasteiger partial charge in [-0.05, 0) is 5.56 Å². The quantitative estimate of drug-likeness (QED) is 0.825. The van der Waals surface area contributed by atoms with Crippen LogP contribution in [0.5, 0.6) is 0 Å². The van der Waals surface area contributed by atoms with E-state index >= 15 is 0 Å². The molecule has 1 saturated heterocycles. The minimum absolute atomic E-state index is 0.109. The predicted octanol–water partition coefficient (Wildman–Crippen LogP) is 0.160. The number of piperazine rings is 1. The third kappa shape index (κ3) is 3.07. The lowest BCUT2D eigenvalue weighted by Gasteiger charge is -2.29. The molecule has 0 bridgehead atoms. The van der Waals surface area contributed by atoms with Crippen LogP contribution in [0.4, 0.5) is 0 Å². The highest BCUT2D eigenvalue weighted by molar-refractivity contribution is 5.94. The van der Waals surface area contributed by atoms with Crippen molar-refractivity contribution in [2.45, 2.75) is 12.6 Å². The van der Waals surface area contributed by atoms with Crippen molar-refractivity contribution in [1.29, 1.82) is 0 Å². The van der Waals surface area contributed by atoms with Gasteiger partial charge in [0.1, 0.15) is 6.04 Å². The van der Waals surface area contributed by atoms with Crippen LogP contribution >= 0.6 is 0 Å². The molecule has 2 amide bonds. The van der Waals surface area contributed by atoms with Gasteiger partial charge < -0.3 is 15.0 Å². The van der Waals surface area contributed by atoms with E-state index in [0.717, 1.165) is 5.56 Å². The number of likely N-dealkylation sites (N-methyl/N-ethyl adjacent to an activating group) is 1. The Kier molecular flexibility index (Phi) is 3.94. The lowest BCUT2D eigenvalue weighted by atomic mass is 10.2. The summed E-state index contributed by atoms with van der Waals surface area (Å²) in [5.74, 6) is -0.256. The van der Waals surface area contributed by atoms with Gasteiger partial charge in [0.05, 0.1) is 19.8 Å². The minimum atomic E-state index is -0.569. The van der Waals surface area contributed by atoms with Crippen LogP contribution in [-0.4, -0.2) is 43.0 Å². The topological polar surface area (TPSA) is 58.6 Å². The van der Waals surface area contributed by atoms with Crippen molar-refractivity contribution in [2.24, 2.45) is 0 Å². The molecule has 1 N–H and O–H groups in total. The van der Waals surface area contributed by atoms with Crippen molar-refractivity contribution >= 4 is 11.8 Å². The molecule has 0 spiro atoms. The van der Waals surface area contributed by atoms with Crippen LogP contribution < -0.4 is 5.32 Å². The third-order valence-corrected chi connectivity index (χ3v) is 2.79. The number of ether oxygens (including phenoxy) is 1. The number of hydrogen-bond donors (Lipinski definition) is 1. The van der Waals surface area contributed by atoms with Crippen LogP contribution in [0, 0.1) is 0 Å². The largest absolute Gasteiger partial charge is 0.374 e. The first-order valence-corrected chi connectivity index (χ1v) is 5.83. The summed E-state index contributed by atoms with van der Waals surface area (Å²) in [6, 6.07) is 9.13. The van der Waals surface area contributed by atoms with Crippen LogP contribution in [0.1, 0.15) is 5.56 Å². The Balaban J connectivity index is 1.82. The van der Waals surface area contributed by atoms with E-state index in [1.165, 1.54) is 4.90 Å². The molecule has 1 fully saturated rings. The van der Waals surface area contributed by atoms with E-state index in [1.54, 1.807) is 7.05 Å². The summed E-state index contributed by atoms with van der Waals surface area (Å²) < 4.78 is 5.46. The molecule has 1 aromatic carbocycles. The van der Waals surface area contributed by atoms with Gasteiger partial charge in [-0.15, -0.1) is 0 Å². The molecule has 0 aromatic heterocycles.